The first-order chi connectivity index (χ1) is 6.97. The number of rotatable bonds is 1. The lowest BCUT2D eigenvalue weighted by atomic mass is 10.1. The van der Waals surface area contributed by atoms with Crippen molar-refractivity contribution in [2.24, 2.45) is 0 Å². The average Bonchev–Trinajstić information content (AvgIpc) is 2.28. The molecule has 1 aliphatic rings. The molecule has 88 valence electrons. The Morgan fingerprint density at radius 1 is 1.33 bits per heavy atom. The molecule has 0 unspecified atom stereocenters. The minimum absolute atomic E-state index is 0.197. The van der Waals surface area contributed by atoms with Gasteiger partial charge in [-0.25, -0.2) is 4.79 Å². The van der Waals surface area contributed by atoms with E-state index in [0.717, 1.165) is 32.5 Å². The van der Waals surface area contributed by atoms with Gasteiger partial charge in [0.1, 0.15) is 5.60 Å². The number of amides is 1. The van der Waals surface area contributed by atoms with Gasteiger partial charge in [0.2, 0.25) is 0 Å². The normalized spacial score (nSPS) is 23.0. The topological polar surface area (TPSA) is 47.6 Å². The molecule has 1 fully saturated rings. The fourth-order valence-corrected chi connectivity index (χ4v) is 1.52. The lowest BCUT2D eigenvalue weighted by Crippen LogP contribution is -2.39. The molecule has 0 radical (unpaired) electrons. The second-order valence-electron chi connectivity index (χ2n) is 4.89. The molecule has 15 heavy (non-hydrogen) atoms. The van der Waals surface area contributed by atoms with E-state index < -0.39 is 5.60 Å². The molecule has 1 atom stereocenters. The monoisotopic (exact) mass is 215 g/mol. The van der Waals surface area contributed by atoms with Crippen molar-refractivity contribution < 1.29 is 14.3 Å². The van der Waals surface area contributed by atoms with Crippen LogP contribution >= 0.6 is 0 Å². The molecule has 0 spiro atoms. The van der Waals surface area contributed by atoms with Gasteiger partial charge in [-0.1, -0.05) is 0 Å². The highest BCUT2D eigenvalue weighted by atomic mass is 16.6. The highest BCUT2D eigenvalue weighted by Gasteiger charge is 2.20. The van der Waals surface area contributed by atoms with Crippen molar-refractivity contribution in [2.75, 3.05) is 13.2 Å². The summed E-state index contributed by atoms with van der Waals surface area (Å²) in [6.07, 6.45) is 2.52. The number of hydrogen-bond acceptors (Lipinski definition) is 3. The molecule has 1 heterocycles. The molecular weight excluding hydrogens is 194 g/mol. The summed E-state index contributed by atoms with van der Waals surface area (Å²) in [6.45, 7) is 7.11. The van der Waals surface area contributed by atoms with Gasteiger partial charge < -0.3 is 14.8 Å². The minimum atomic E-state index is -0.425. The summed E-state index contributed by atoms with van der Waals surface area (Å²) in [6, 6.07) is 0.197. The first kappa shape index (κ1) is 12.3. The van der Waals surface area contributed by atoms with E-state index in [9.17, 15) is 4.79 Å². The summed E-state index contributed by atoms with van der Waals surface area (Å²) >= 11 is 0. The van der Waals surface area contributed by atoms with Crippen LogP contribution in [0.5, 0.6) is 0 Å². The van der Waals surface area contributed by atoms with E-state index in [1.165, 1.54) is 0 Å². The van der Waals surface area contributed by atoms with E-state index >= 15 is 0 Å². The van der Waals surface area contributed by atoms with Crippen LogP contribution < -0.4 is 5.32 Å². The van der Waals surface area contributed by atoms with Crippen LogP contribution in [-0.2, 0) is 9.47 Å². The Hall–Kier alpha value is -0.770. The number of carbonyl (C=O) groups excluding carboxylic acids is 1. The summed E-state index contributed by atoms with van der Waals surface area (Å²) in [4.78, 5) is 11.5. The quantitative estimate of drug-likeness (QED) is 0.728. The third-order valence-electron chi connectivity index (χ3n) is 2.17. The predicted octanol–water partition coefficient (Wildman–Crippen LogP) is 2.08. The number of carbonyl (C=O) groups is 1. The van der Waals surface area contributed by atoms with Crippen molar-refractivity contribution in [3.63, 3.8) is 0 Å². The zero-order valence-electron chi connectivity index (χ0n) is 9.84. The SMILES string of the molecule is CC(C)(C)OC(=O)N[C@@H]1CCCOCC1. The first-order valence-corrected chi connectivity index (χ1v) is 5.54. The first-order valence-electron chi connectivity index (χ1n) is 5.54. The van der Waals surface area contributed by atoms with E-state index in [4.69, 9.17) is 9.47 Å². The largest absolute Gasteiger partial charge is 0.444 e. The van der Waals surface area contributed by atoms with Crippen LogP contribution in [0.3, 0.4) is 0 Å². The maximum atomic E-state index is 11.5. The summed E-state index contributed by atoms with van der Waals surface area (Å²) in [5.74, 6) is 0. The molecule has 4 nitrogen and oxygen atoms in total. The molecule has 1 rings (SSSR count). The molecule has 0 aliphatic carbocycles. The lowest BCUT2D eigenvalue weighted by molar-refractivity contribution is 0.0497. The van der Waals surface area contributed by atoms with E-state index in [0.29, 0.717) is 0 Å². The maximum absolute atomic E-state index is 11.5. The molecule has 0 aromatic rings. The molecule has 1 aliphatic heterocycles. The van der Waals surface area contributed by atoms with Crippen molar-refractivity contribution in [3.8, 4) is 0 Å². The summed E-state index contributed by atoms with van der Waals surface area (Å²) in [7, 11) is 0. The van der Waals surface area contributed by atoms with Crippen LogP contribution in [0.2, 0.25) is 0 Å². The van der Waals surface area contributed by atoms with E-state index in [2.05, 4.69) is 5.32 Å². The second kappa shape index (κ2) is 5.35. The van der Waals surface area contributed by atoms with Crippen molar-refractivity contribution in [3.05, 3.63) is 0 Å². The Morgan fingerprint density at radius 3 is 2.73 bits per heavy atom. The standard InChI is InChI=1S/C11H21NO3/c1-11(2,3)15-10(13)12-9-5-4-7-14-8-6-9/h9H,4-8H2,1-3H3,(H,12,13)/t9-/m1/s1. The fraction of sp³-hybridized carbons (Fsp3) is 0.909. The number of ether oxygens (including phenoxy) is 2. The molecule has 1 saturated heterocycles. The number of hydrogen-bond donors (Lipinski definition) is 1. The van der Waals surface area contributed by atoms with Gasteiger partial charge in [0, 0.05) is 19.3 Å². The zero-order valence-corrected chi connectivity index (χ0v) is 9.84. The van der Waals surface area contributed by atoms with Crippen LogP contribution in [0.15, 0.2) is 0 Å². The summed E-state index contributed by atoms with van der Waals surface area (Å²) in [5.41, 5.74) is -0.425. The summed E-state index contributed by atoms with van der Waals surface area (Å²) in [5, 5.41) is 2.87. The van der Waals surface area contributed by atoms with Gasteiger partial charge in [-0.3, -0.25) is 0 Å². The molecular formula is C11H21NO3. The fourth-order valence-electron chi connectivity index (χ4n) is 1.52. The molecule has 1 amide bonds. The van der Waals surface area contributed by atoms with Crippen molar-refractivity contribution in [1.82, 2.24) is 5.32 Å². The smallest absolute Gasteiger partial charge is 0.407 e. The average molecular weight is 215 g/mol. The Kier molecular flexibility index (Phi) is 4.39. The van der Waals surface area contributed by atoms with E-state index in [1.54, 1.807) is 0 Å². The van der Waals surface area contributed by atoms with Gasteiger partial charge in [-0.05, 0) is 40.0 Å². The van der Waals surface area contributed by atoms with Gasteiger partial charge in [0.25, 0.3) is 0 Å². The Balaban J connectivity index is 2.30. The molecule has 4 heteroatoms. The second-order valence-corrected chi connectivity index (χ2v) is 4.89. The van der Waals surface area contributed by atoms with Crippen molar-refractivity contribution >= 4 is 6.09 Å². The third-order valence-corrected chi connectivity index (χ3v) is 2.17. The van der Waals surface area contributed by atoms with Crippen LogP contribution in [0.1, 0.15) is 40.0 Å². The van der Waals surface area contributed by atoms with Crippen LogP contribution in [-0.4, -0.2) is 30.9 Å². The Bertz CT molecular complexity index is 202. The van der Waals surface area contributed by atoms with Gasteiger partial charge in [0.15, 0.2) is 0 Å². The molecule has 0 aromatic heterocycles. The predicted molar refractivity (Wildman–Crippen MR) is 57.8 cm³/mol. The van der Waals surface area contributed by atoms with Crippen molar-refractivity contribution in [1.29, 1.82) is 0 Å². The summed E-state index contributed by atoms with van der Waals surface area (Å²) < 4.78 is 10.5. The van der Waals surface area contributed by atoms with E-state index in [-0.39, 0.29) is 12.1 Å². The van der Waals surface area contributed by atoms with E-state index in [1.807, 2.05) is 20.8 Å². The van der Waals surface area contributed by atoms with Gasteiger partial charge in [-0.2, -0.15) is 0 Å². The van der Waals surface area contributed by atoms with Gasteiger partial charge >= 0.3 is 6.09 Å². The lowest BCUT2D eigenvalue weighted by Gasteiger charge is -2.22. The van der Waals surface area contributed by atoms with Crippen LogP contribution in [0.4, 0.5) is 4.79 Å². The van der Waals surface area contributed by atoms with Crippen molar-refractivity contribution in [2.45, 2.75) is 51.7 Å². The molecule has 1 N–H and O–H groups in total. The highest BCUT2D eigenvalue weighted by Crippen LogP contribution is 2.10. The molecule has 0 aromatic carbocycles. The van der Waals surface area contributed by atoms with Crippen LogP contribution in [0.25, 0.3) is 0 Å². The number of alkyl carbamates (subject to hydrolysis) is 1. The van der Waals surface area contributed by atoms with Crippen LogP contribution in [0, 0.1) is 0 Å². The van der Waals surface area contributed by atoms with Gasteiger partial charge in [-0.15, -0.1) is 0 Å². The Morgan fingerprint density at radius 2 is 2.07 bits per heavy atom. The number of nitrogens with one attached hydrogen (secondary N) is 1. The van der Waals surface area contributed by atoms with Gasteiger partial charge in [0.05, 0.1) is 0 Å². The third kappa shape index (κ3) is 5.62. The Labute approximate surface area is 91.3 Å². The zero-order chi connectivity index (χ0) is 11.3. The molecule has 0 saturated carbocycles. The minimum Gasteiger partial charge on any atom is -0.444 e. The maximum Gasteiger partial charge on any atom is 0.407 e. The highest BCUT2D eigenvalue weighted by molar-refractivity contribution is 5.68. The molecule has 0 bridgehead atoms.